The highest BCUT2D eigenvalue weighted by Gasteiger charge is 2.25. The van der Waals surface area contributed by atoms with Gasteiger partial charge in [-0.2, -0.15) is 0 Å². The number of rotatable bonds is 7. The van der Waals surface area contributed by atoms with Gasteiger partial charge in [-0.25, -0.2) is 4.79 Å². The largest absolute Gasteiger partial charge is 0.378 e. The monoisotopic (exact) mass is 475 g/mol. The number of aromatic amines is 1. The van der Waals surface area contributed by atoms with Crippen molar-refractivity contribution in [3.8, 4) is 5.69 Å². The van der Waals surface area contributed by atoms with Gasteiger partial charge in [-0.1, -0.05) is 11.6 Å². The number of piperazine rings is 1. The van der Waals surface area contributed by atoms with Crippen LogP contribution in [0.4, 0.5) is 0 Å². The highest BCUT2D eigenvalue weighted by atomic mass is 35.5. The minimum Gasteiger partial charge on any atom is -0.378 e. The molecule has 10 heteroatoms. The Kier molecular flexibility index (Phi) is 7.97. The molecule has 2 aromatic rings. The van der Waals surface area contributed by atoms with Crippen molar-refractivity contribution in [2.45, 2.75) is 25.4 Å². The Morgan fingerprint density at radius 3 is 2.58 bits per heavy atom. The molecule has 0 unspecified atom stereocenters. The topological polar surface area (TPSA) is 99.7 Å². The second-order valence-electron chi connectivity index (χ2n) is 8.45. The van der Waals surface area contributed by atoms with E-state index in [1.54, 1.807) is 18.2 Å². The zero-order valence-electron chi connectivity index (χ0n) is 18.6. The zero-order chi connectivity index (χ0) is 23.2. The van der Waals surface area contributed by atoms with Gasteiger partial charge >= 0.3 is 5.69 Å². The SMILES string of the molecule is O=C(c1ccc(Cl)c(-n2ccc(=O)[nH]c2=O)c1)N1CCC(OCCCN2CCNCC2)CC1. The Bertz CT molecular complexity index is 1070. The lowest BCUT2D eigenvalue weighted by Gasteiger charge is -2.32. The molecule has 2 fully saturated rings. The van der Waals surface area contributed by atoms with Crippen LogP contribution < -0.4 is 16.6 Å². The van der Waals surface area contributed by atoms with Crippen LogP contribution >= 0.6 is 11.6 Å². The van der Waals surface area contributed by atoms with Crippen molar-refractivity contribution in [3.63, 3.8) is 0 Å². The van der Waals surface area contributed by atoms with Crippen molar-refractivity contribution in [1.29, 1.82) is 0 Å². The molecule has 0 atom stereocenters. The van der Waals surface area contributed by atoms with Crippen molar-refractivity contribution >= 4 is 17.5 Å². The number of halogens is 1. The Balaban J connectivity index is 1.29. The summed E-state index contributed by atoms with van der Waals surface area (Å²) in [6.07, 6.45) is 4.16. The highest BCUT2D eigenvalue weighted by molar-refractivity contribution is 6.32. The minimum absolute atomic E-state index is 0.109. The predicted molar refractivity (Wildman–Crippen MR) is 126 cm³/mol. The quantitative estimate of drug-likeness (QED) is 0.582. The Labute approximate surface area is 197 Å². The van der Waals surface area contributed by atoms with Crippen LogP contribution in [0.2, 0.25) is 5.02 Å². The molecule has 0 bridgehead atoms. The number of hydrogen-bond acceptors (Lipinski definition) is 6. The average Bonchev–Trinajstić information content (AvgIpc) is 2.83. The van der Waals surface area contributed by atoms with Gasteiger partial charge in [0.05, 0.1) is 16.8 Å². The number of nitrogens with one attached hydrogen (secondary N) is 2. The Morgan fingerprint density at radius 1 is 1.09 bits per heavy atom. The third-order valence-corrected chi connectivity index (χ3v) is 6.51. The molecular weight excluding hydrogens is 446 g/mol. The van der Waals surface area contributed by atoms with E-state index in [0.29, 0.717) is 29.4 Å². The van der Waals surface area contributed by atoms with Crippen molar-refractivity contribution in [3.05, 3.63) is 61.9 Å². The van der Waals surface area contributed by atoms with E-state index in [0.717, 1.165) is 58.6 Å². The normalized spacial score (nSPS) is 17.9. The van der Waals surface area contributed by atoms with Gasteiger partial charge in [-0.3, -0.25) is 19.1 Å². The van der Waals surface area contributed by atoms with E-state index in [2.05, 4.69) is 15.2 Å². The number of aromatic nitrogens is 2. The summed E-state index contributed by atoms with van der Waals surface area (Å²) in [5, 5.41) is 3.67. The summed E-state index contributed by atoms with van der Waals surface area (Å²) in [5.41, 5.74) is -0.299. The predicted octanol–water partition coefficient (Wildman–Crippen LogP) is 1.10. The minimum atomic E-state index is -0.607. The molecule has 2 aliphatic rings. The van der Waals surface area contributed by atoms with E-state index >= 15 is 0 Å². The Hall–Kier alpha value is -2.46. The van der Waals surface area contributed by atoms with Crippen LogP contribution in [0.5, 0.6) is 0 Å². The third kappa shape index (κ3) is 6.11. The third-order valence-electron chi connectivity index (χ3n) is 6.19. The average molecular weight is 476 g/mol. The zero-order valence-corrected chi connectivity index (χ0v) is 19.4. The fourth-order valence-electron chi connectivity index (χ4n) is 4.32. The molecule has 1 aromatic carbocycles. The van der Waals surface area contributed by atoms with Crippen LogP contribution in [0.1, 0.15) is 29.6 Å². The number of likely N-dealkylation sites (tertiary alicyclic amines) is 1. The Morgan fingerprint density at radius 2 is 1.85 bits per heavy atom. The molecule has 0 saturated carbocycles. The molecule has 0 radical (unpaired) electrons. The summed E-state index contributed by atoms with van der Waals surface area (Å²) in [6.45, 7) is 7.38. The highest BCUT2D eigenvalue weighted by Crippen LogP contribution is 2.23. The van der Waals surface area contributed by atoms with E-state index < -0.39 is 11.2 Å². The van der Waals surface area contributed by atoms with Crippen LogP contribution in [-0.2, 0) is 4.74 Å². The first kappa shape index (κ1) is 23.7. The maximum atomic E-state index is 13.1. The number of ether oxygens (including phenoxy) is 1. The lowest BCUT2D eigenvalue weighted by atomic mass is 10.1. The van der Waals surface area contributed by atoms with Crippen LogP contribution in [0.15, 0.2) is 40.1 Å². The molecule has 2 N–H and O–H groups in total. The molecular formula is C23H30ClN5O4. The van der Waals surface area contributed by atoms with E-state index in [9.17, 15) is 14.4 Å². The van der Waals surface area contributed by atoms with Gasteiger partial charge in [-0.15, -0.1) is 0 Å². The number of hydrogen-bond donors (Lipinski definition) is 2. The second-order valence-corrected chi connectivity index (χ2v) is 8.86. The molecule has 4 rings (SSSR count). The van der Waals surface area contributed by atoms with Crippen LogP contribution in [0.25, 0.3) is 5.69 Å². The maximum absolute atomic E-state index is 13.1. The van der Waals surface area contributed by atoms with Gasteiger partial charge < -0.3 is 19.9 Å². The number of piperidine rings is 1. The van der Waals surface area contributed by atoms with E-state index in [1.165, 1.54) is 16.8 Å². The summed E-state index contributed by atoms with van der Waals surface area (Å²) in [7, 11) is 0. The summed E-state index contributed by atoms with van der Waals surface area (Å²) in [4.78, 5) is 43.0. The van der Waals surface area contributed by atoms with Gasteiger partial charge in [0.2, 0.25) is 0 Å². The maximum Gasteiger partial charge on any atom is 0.332 e. The first-order valence-electron chi connectivity index (χ1n) is 11.5. The summed E-state index contributed by atoms with van der Waals surface area (Å²) in [6, 6.07) is 6.07. The molecule has 2 saturated heterocycles. The number of benzene rings is 1. The van der Waals surface area contributed by atoms with E-state index in [1.807, 2.05) is 4.90 Å². The molecule has 33 heavy (non-hydrogen) atoms. The summed E-state index contributed by atoms with van der Waals surface area (Å²) in [5.74, 6) is -0.109. The van der Waals surface area contributed by atoms with Gasteiger partial charge in [0.25, 0.3) is 11.5 Å². The first-order valence-corrected chi connectivity index (χ1v) is 11.8. The molecule has 1 amide bonds. The lowest BCUT2D eigenvalue weighted by molar-refractivity contribution is 0.00513. The summed E-state index contributed by atoms with van der Waals surface area (Å²) >= 11 is 6.26. The number of amides is 1. The van der Waals surface area contributed by atoms with Gasteiger partial charge in [0.15, 0.2) is 0 Å². The molecule has 0 aliphatic carbocycles. The van der Waals surface area contributed by atoms with Crippen LogP contribution in [0.3, 0.4) is 0 Å². The van der Waals surface area contributed by atoms with Crippen molar-refractivity contribution < 1.29 is 9.53 Å². The fourth-order valence-corrected chi connectivity index (χ4v) is 4.53. The standard InChI is InChI=1S/C23H30ClN5O4/c24-19-3-2-17(16-20(19)29-12-6-21(30)26-23(29)32)22(31)28-10-4-18(5-11-28)33-15-1-9-27-13-7-25-8-14-27/h2-3,6,12,16,18,25H,1,4-5,7-11,13-15H2,(H,26,30,32). The molecule has 2 aliphatic heterocycles. The lowest BCUT2D eigenvalue weighted by Crippen LogP contribution is -2.44. The first-order chi connectivity index (χ1) is 16.0. The van der Waals surface area contributed by atoms with Crippen molar-refractivity contribution in [2.75, 3.05) is 52.4 Å². The number of carbonyl (C=O) groups is 1. The van der Waals surface area contributed by atoms with Crippen molar-refractivity contribution in [2.24, 2.45) is 0 Å². The summed E-state index contributed by atoms with van der Waals surface area (Å²) < 4.78 is 7.28. The molecule has 3 heterocycles. The molecule has 178 valence electrons. The van der Waals surface area contributed by atoms with Crippen molar-refractivity contribution in [1.82, 2.24) is 24.7 Å². The van der Waals surface area contributed by atoms with Crippen LogP contribution in [-0.4, -0.2) is 83.8 Å². The number of carbonyl (C=O) groups excluding carboxylic acids is 1. The fraction of sp³-hybridized carbons (Fsp3) is 0.522. The molecule has 9 nitrogen and oxygen atoms in total. The van der Waals surface area contributed by atoms with Gasteiger partial charge in [-0.05, 0) is 37.5 Å². The molecule has 0 spiro atoms. The van der Waals surface area contributed by atoms with E-state index in [4.69, 9.17) is 16.3 Å². The van der Waals surface area contributed by atoms with E-state index in [-0.39, 0.29) is 12.0 Å². The second kappa shape index (κ2) is 11.1. The number of nitrogens with zero attached hydrogens (tertiary/aromatic N) is 3. The smallest absolute Gasteiger partial charge is 0.332 e. The van der Waals surface area contributed by atoms with Crippen LogP contribution in [0, 0.1) is 0 Å². The van der Waals surface area contributed by atoms with Gasteiger partial charge in [0, 0.05) is 70.2 Å². The number of H-pyrrole nitrogens is 1. The van der Waals surface area contributed by atoms with Gasteiger partial charge in [0.1, 0.15) is 0 Å². The molecule has 1 aromatic heterocycles.